The zero-order valence-corrected chi connectivity index (χ0v) is 40.5. The number of furan rings is 2. The van der Waals surface area contributed by atoms with Crippen LogP contribution in [-0.4, -0.2) is 6.71 Å². The SMILES string of the molecule is Cc1cc2c3c(c1)N(c1cccc4c1oc1ccc(C(C)(C)C)cc14)c1cc4c(cc1B3c1oc3ccc(C(C)(C)C)cc3c1N2c1ccc(C(C)(C)C)cc1)C(C)(C)CCC4(C)C. The summed E-state index contributed by atoms with van der Waals surface area (Å²) >= 11 is 0. The molecule has 4 nitrogen and oxygen atoms in total. The highest BCUT2D eigenvalue weighted by atomic mass is 16.3. The van der Waals surface area contributed by atoms with Crippen LogP contribution < -0.4 is 26.4 Å². The molecule has 5 heteroatoms. The molecule has 1 aliphatic carbocycles. The molecule has 64 heavy (non-hydrogen) atoms. The Morgan fingerprint density at radius 1 is 0.516 bits per heavy atom. The second kappa shape index (κ2) is 13.2. The highest BCUT2D eigenvalue weighted by molar-refractivity contribution is 7.00. The first-order chi connectivity index (χ1) is 30.0. The van der Waals surface area contributed by atoms with Crippen molar-refractivity contribution < 1.29 is 8.83 Å². The molecular weight excluding hydrogens is 779 g/mol. The number of rotatable bonds is 2. The van der Waals surface area contributed by atoms with Crippen molar-refractivity contribution in [3.8, 4) is 0 Å². The fourth-order valence-electron chi connectivity index (χ4n) is 11.2. The van der Waals surface area contributed by atoms with Crippen LogP contribution in [0.3, 0.4) is 0 Å². The Bertz CT molecular complexity index is 3250. The lowest BCUT2D eigenvalue weighted by molar-refractivity contribution is 0.332. The first kappa shape index (κ1) is 41.1. The summed E-state index contributed by atoms with van der Waals surface area (Å²) in [6.45, 7) is 32.5. The Labute approximate surface area is 380 Å². The summed E-state index contributed by atoms with van der Waals surface area (Å²) in [6, 6.07) is 39.6. The molecule has 8 aromatic rings. The van der Waals surface area contributed by atoms with Crippen LogP contribution in [0.1, 0.15) is 136 Å². The highest BCUT2D eigenvalue weighted by Gasteiger charge is 2.49. The minimum atomic E-state index is -0.141. The second-order valence-corrected chi connectivity index (χ2v) is 23.8. The molecule has 0 saturated heterocycles. The molecule has 2 aromatic heterocycles. The Morgan fingerprint density at radius 3 is 1.67 bits per heavy atom. The van der Waals surface area contributed by atoms with Gasteiger partial charge in [0.25, 0.3) is 6.71 Å². The van der Waals surface area contributed by atoms with Crippen molar-refractivity contribution in [2.45, 2.75) is 137 Å². The van der Waals surface area contributed by atoms with Crippen LogP contribution in [-0.2, 0) is 27.1 Å². The molecular formula is C59H63BN2O2. The first-order valence-electron chi connectivity index (χ1n) is 23.6. The molecule has 4 heterocycles. The summed E-state index contributed by atoms with van der Waals surface area (Å²) < 4.78 is 14.4. The molecule has 6 aromatic carbocycles. The van der Waals surface area contributed by atoms with E-state index in [-0.39, 0.29) is 33.8 Å². The lowest BCUT2D eigenvalue weighted by Gasteiger charge is -2.46. The molecule has 0 radical (unpaired) electrons. The van der Waals surface area contributed by atoms with Gasteiger partial charge in [0.2, 0.25) is 0 Å². The minimum Gasteiger partial charge on any atom is -0.468 e. The molecule has 324 valence electrons. The van der Waals surface area contributed by atoms with E-state index in [0.29, 0.717) is 0 Å². The van der Waals surface area contributed by atoms with E-state index < -0.39 is 0 Å². The molecule has 2 aliphatic heterocycles. The number of hydrogen-bond donors (Lipinski definition) is 0. The normalized spacial score (nSPS) is 16.6. The second-order valence-electron chi connectivity index (χ2n) is 23.8. The maximum absolute atomic E-state index is 7.37. The third-order valence-electron chi connectivity index (χ3n) is 15.2. The van der Waals surface area contributed by atoms with Gasteiger partial charge in [-0.25, -0.2) is 0 Å². The van der Waals surface area contributed by atoms with Gasteiger partial charge in [-0.05, 0) is 152 Å². The summed E-state index contributed by atoms with van der Waals surface area (Å²) in [6.07, 6.45) is 2.27. The predicted molar refractivity (Wildman–Crippen MR) is 274 cm³/mol. The quantitative estimate of drug-likeness (QED) is 0.162. The molecule has 0 unspecified atom stereocenters. The maximum Gasteiger partial charge on any atom is 0.297 e. The topological polar surface area (TPSA) is 32.8 Å². The van der Waals surface area contributed by atoms with Crippen LogP contribution in [0.4, 0.5) is 34.1 Å². The van der Waals surface area contributed by atoms with Gasteiger partial charge in [-0.3, -0.25) is 0 Å². The zero-order valence-electron chi connectivity index (χ0n) is 40.5. The number of benzene rings is 6. The standard InChI is InChI=1S/C59H63BN2O2/c1-34-28-47-51-48(29-34)62(45-17-15-16-39-40-30-36(56(5,6)7)20-24-49(40)63-53(39)45)46-33-43-42(58(11,12)26-27-59(43,13)14)32-44(46)60(51)54-52(41-31-37(57(8,9)10)21-25-50(41)64-54)61(47)38-22-18-35(19-23-38)55(2,3)4/h15-25,28-33H,26-27H2,1-14H3. The van der Waals surface area contributed by atoms with Gasteiger partial charge >= 0.3 is 0 Å². The number of para-hydroxylation sites is 1. The molecule has 0 saturated carbocycles. The number of aryl methyl sites for hydroxylation is 1. The van der Waals surface area contributed by atoms with E-state index in [1.165, 1.54) is 61.4 Å². The minimum absolute atomic E-state index is 0.00871. The summed E-state index contributed by atoms with van der Waals surface area (Å²) in [5.74, 6) is 0. The van der Waals surface area contributed by atoms with E-state index >= 15 is 0 Å². The molecule has 3 aliphatic rings. The smallest absolute Gasteiger partial charge is 0.297 e. The van der Waals surface area contributed by atoms with Crippen molar-refractivity contribution in [2.75, 3.05) is 9.80 Å². The van der Waals surface area contributed by atoms with Gasteiger partial charge in [-0.1, -0.05) is 132 Å². The lowest BCUT2D eigenvalue weighted by Crippen LogP contribution is -2.61. The van der Waals surface area contributed by atoms with Crippen LogP contribution in [0, 0.1) is 6.92 Å². The van der Waals surface area contributed by atoms with Gasteiger partial charge in [-0.2, -0.15) is 0 Å². The maximum atomic E-state index is 7.37. The average Bonchev–Trinajstić information content (AvgIpc) is 3.79. The molecule has 0 fully saturated rings. The van der Waals surface area contributed by atoms with Gasteiger partial charge < -0.3 is 18.6 Å². The van der Waals surface area contributed by atoms with Gasteiger partial charge in [0, 0.05) is 38.9 Å². The third kappa shape index (κ3) is 6.01. The Balaban J connectivity index is 1.27. The Kier molecular flexibility index (Phi) is 8.48. The summed E-state index contributed by atoms with van der Waals surface area (Å²) in [7, 11) is 0. The van der Waals surface area contributed by atoms with Crippen molar-refractivity contribution in [1.82, 2.24) is 0 Å². The van der Waals surface area contributed by atoms with Crippen molar-refractivity contribution >= 4 is 90.3 Å². The fourth-order valence-corrected chi connectivity index (χ4v) is 11.2. The van der Waals surface area contributed by atoms with E-state index in [1.54, 1.807) is 0 Å². The third-order valence-corrected chi connectivity index (χ3v) is 15.2. The van der Waals surface area contributed by atoms with E-state index in [1.807, 2.05) is 0 Å². The number of anilines is 6. The van der Waals surface area contributed by atoms with Crippen LogP contribution in [0.25, 0.3) is 32.9 Å². The van der Waals surface area contributed by atoms with Crippen molar-refractivity contribution in [3.63, 3.8) is 0 Å². The Hall–Kier alpha value is -5.68. The van der Waals surface area contributed by atoms with Crippen molar-refractivity contribution in [2.24, 2.45) is 0 Å². The number of nitrogens with zero attached hydrogens (tertiary/aromatic N) is 2. The van der Waals surface area contributed by atoms with Gasteiger partial charge in [0.15, 0.2) is 5.58 Å². The van der Waals surface area contributed by atoms with Crippen molar-refractivity contribution in [1.29, 1.82) is 0 Å². The summed E-state index contributed by atoms with van der Waals surface area (Å²) in [4.78, 5) is 5.07. The molecule has 0 spiro atoms. The Morgan fingerprint density at radius 2 is 1.06 bits per heavy atom. The van der Waals surface area contributed by atoms with Crippen LogP contribution in [0.2, 0.25) is 0 Å². The molecule has 0 amide bonds. The summed E-state index contributed by atoms with van der Waals surface area (Å²) in [5, 5.41) is 3.45. The van der Waals surface area contributed by atoms with Gasteiger partial charge in [-0.15, -0.1) is 0 Å². The van der Waals surface area contributed by atoms with Gasteiger partial charge in [0.05, 0.1) is 17.0 Å². The van der Waals surface area contributed by atoms with E-state index in [9.17, 15) is 0 Å². The van der Waals surface area contributed by atoms with Crippen LogP contribution in [0.15, 0.2) is 112 Å². The molecule has 11 rings (SSSR count). The molecule has 0 atom stereocenters. The van der Waals surface area contributed by atoms with E-state index in [4.69, 9.17) is 8.83 Å². The average molecular weight is 843 g/mol. The summed E-state index contributed by atoms with van der Waals surface area (Å²) in [5.41, 5.74) is 21.2. The monoisotopic (exact) mass is 842 g/mol. The van der Waals surface area contributed by atoms with E-state index in [0.717, 1.165) is 68.5 Å². The number of hydrogen-bond acceptors (Lipinski definition) is 4. The van der Waals surface area contributed by atoms with Gasteiger partial charge in [0.1, 0.15) is 11.2 Å². The van der Waals surface area contributed by atoms with E-state index in [2.05, 4.69) is 210 Å². The van der Waals surface area contributed by atoms with Crippen LogP contribution >= 0.6 is 0 Å². The molecule has 0 bridgehead atoms. The van der Waals surface area contributed by atoms with Crippen LogP contribution in [0.5, 0.6) is 0 Å². The molecule has 0 N–H and O–H groups in total. The highest BCUT2D eigenvalue weighted by Crippen LogP contribution is 2.53. The largest absolute Gasteiger partial charge is 0.468 e. The first-order valence-corrected chi connectivity index (χ1v) is 23.6. The lowest BCUT2D eigenvalue weighted by atomic mass is 9.35. The number of fused-ring (bicyclic) bond motifs is 10. The zero-order chi connectivity index (χ0) is 45.2. The predicted octanol–water partition coefficient (Wildman–Crippen LogP) is 15.0. The fraction of sp³-hybridized carbons (Fsp3) is 0.356. The van der Waals surface area contributed by atoms with Crippen molar-refractivity contribution in [3.05, 3.63) is 137 Å².